The zero-order chi connectivity index (χ0) is 28.0. The van der Waals surface area contributed by atoms with Crippen molar-refractivity contribution in [2.24, 2.45) is 4.99 Å². The largest absolute Gasteiger partial charge is 0.392 e. The van der Waals surface area contributed by atoms with Crippen LogP contribution in [0, 0.1) is 0 Å². The van der Waals surface area contributed by atoms with Crippen LogP contribution in [0.25, 0.3) is 0 Å². The van der Waals surface area contributed by atoms with Crippen LogP contribution >= 0.6 is 0 Å². The normalized spacial score (nSPS) is 15.5. The van der Waals surface area contributed by atoms with Gasteiger partial charge in [-0.2, -0.15) is 0 Å². The van der Waals surface area contributed by atoms with E-state index in [-0.39, 0.29) is 18.1 Å². The zero-order valence-electron chi connectivity index (χ0n) is 23.0. The van der Waals surface area contributed by atoms with Gasteiger partial charge in [-0.05, 0) is 44.5 Å². The van der Waals surface area contributed by atoms with E-state index >= 15 is 0 Å². The average Bonchev–Trinajstić information content (AvgIpc) is 2.93. The molecule has 9 heteroatoms. The quantitative estimate of drug-likeness (QED) is 0.410. The van der Waals surface area contributed by atoms with Gasteiger partial charge >= 0.3 is 0 Å². The number of benzene rings is 2. The number of nitrogen functional groups attached to an aromatic ring is 1. The van der Waals surface area contributed by atoms with Crippen molar-refractivity contribution in [2.75, 3.05) is 40.0 Å². The van der Waals surface area contributed by atoms with Crippen LogP contribution in [0.5, 0.6) is 0 Å². The van der Waals surface area contributed by atoms with Gasteiger partial charge in [-0.25, -0.2) is 4.98 Å². The first-order valence-corrected chi connectivity index (χ1v) is 13.3. The molecule has 3 N–H and O–H groups in total. The highest BCUT2D eigenvalue weighted by Gasteiger charge is 2.34. The first-order chi connectivity index (χ1) is 18.7. The molecule has 1 fully saturated rings. The van der Waals surface area contributed by atoms with E-state index < -0.39 is 11.2 Å². The number of aliphatic imine (C=N–C) groups is 1. The number of piperidine rings is 1. The number of hydrogen-bond donors (Lipinski definition) is 2. The van der Waals surface area contributed by atoms with Gasteiger partial charge in [0.25, 0.3) is 5.56 Å². The number of nitrogens with zero attached hydrogens (tertiary/aromatic N) is 5. The summed E-state index contributed by atoms with van der Waals surface area (Å²) in [7, 11) is 5.67. The van der Waals surface area contributed by atoms with Crippen LogP contribution < -0.4 is 11.3 Å². The molecule has 1 saturated heterocycles. The molecule has 1 aliphatic heterocycles. The molecule has 0 spiro atoms. The summed E-state index contributed by atoms with van der Waals surface area (Å²) < 4.78 is 1.36. The first-order valence-electron chi connectivity index (χ1n) is 13.3. The molecule has 0 atom stereocenters. The highest BCUT2D eigenvalue weighted by Crippen LogP contribution is 2.25. The van der Waals surface area contributed by atoms with Gasteiger partial charge in [0.05, 0.1) is 24.2 Å². The van der Waals surface area contributed by atoms with Gasteiger partial charge in [-0.15, -0.1) is 0 Å². The van der Waals surface area contributed by atoms with E-state index in [0.717, 1.165) is 23.2 Å². The van der Waals surface area contributed by atoms with Gasteiger partial charge in [-0.1, -0.05) is 54.6 Å². The van der Waals surface area contributed by atoms with Gasteiger partial charge < -0.3 is 20.6 Å². The molecule has 3 aromatic rings. The second kappa shape index (κ2) is 12.4. The van der Waals surface area contributed by atoms with Crippen molar-refractivity contribution in [2.45, 2.75) is 44.4 Å². The topological polar surface area (TPSA) is 117 Å². The van der Waals surface area contributed by atoms with Crippen molar-refractivity contribution < 1.29 is 9.90 Å². The lowest BCUT2D eigenvalue weighted by Gasteiger charge is -2.38. The minimum Gasteiger partial charge on any atom is -0.392 e. The van der Waals surface area contributed by atoms with E-state index in [1.165, 1.54) is 10.9 Å². The molecule has 206 valence electrons. The van der Waals surface area contributed by atoms with Gasteiger partial charge in [-0.3, -0.25) is 19.1 Å². The Morgan fingerprint density at radius 2 is 1.74 bits per heavy atom. The van der Waals surface area contributed by atoms with Gasteiger partial charge in [0.15, 0.2) is 0 Å². The van der Waals surface area contributed by atoms with Crippen LogP contribution in [-0.4, -0.2) is 75.9 Å². The molecule has 2 heterocycles. The highest BCUT2D eigenvalue weighted by atomic mass is 16.3. The number of nitrogens with two attached hydrogens (primary N) is 1. The molecule has 1 aromatic heterocycles. The lowest BCUT2D eigenvalue weighted by Crippen LogP contribution is -2.50. The number of hydrogen-bond acceptors (Lipinski definition) is 7. The molecule has 9 nitrogen and oxygen atoms in total. The van der Waals surface area contributed by atoms with Crippen molar-refractivity contribution in [3.8, 4) is 0 Å². The number of carbonyl (C=O) groups excluding carboxylic acids is 1. The van der Waals surface area contributed by atoms with Crippen LogP contribution in [0.2, 0.25) is 0 Å². The van der Waals surface area contributed by atoms with Crippen molar-refractivity contribution in [3.05, 3.63) is 93.7 Å². The molecule has 0 radical (unpaired) electrons. The Morgan fingerprint density at radius 3 is 2.36 bits per heavy atom. The standard InChI is InChI=1S/C30H38N6O3/c1-32-27(24-12-9-23(10-13-24)19-34(2)3)28-26(31)29(38)36(21-33-28)20-30(39)15-17-35(18-16-30)25(37)14-11-22-7-5-4-6-8-22/h4-10,12-13,21,39H,11,14-20,31H2,1-3H3. The SMILES string of the molecule is CN=C(c1ccc(CN(C)C)cc1)c1ncn(CC2(O)CCN(C(=O)CCc3ccccc3)CC2)c(=O)c1N. The van der Waals surface area contributed by atoms with Crippen LogP contribution in [0.4, 0.5) is 5.69 Å². The number of amides is 1. The van der Waals surface area contributed by atoms with E-state index in [0.29, 0.717) is 50.2 Å². The Balaban J connectivity index is 1.40. The fraction of sp³-hybridized carbons (Fsp3) is 0.400. The molecular formula is C30H38N6O3. The number of aromatic nitrogens is 2. The van der Waals surface area contributed by atoms with Crippen LogP contribution in [0.3, 0.4) is 0 Å². The molecule has 39 heavy (non-hydrogen) atoms. The maximum atomic E-state index is 13.2. The molecule has 2 aromatic carbocycles. The predicted molar refractivity (Wildman–Crippen MR) is 154 cm³/mol. The van der Waals surface area contributed by atoms with Crippen molar-refractivity contribution in [1.82, 2.24) is 19.4 Å². The molecule has 0 aliphatic carbocycles. The first kappa shape index (κ1) is 28.2. The van der Waals surface area contributed by atoms with E-state index in [9.17, 15) is 14.7 Å². The second-order valence-corrected chi connectivity index (χ2v) is 10.5. The number of likely N-dealkylation sites (tertiary alicyclic amines) is 1. The molecule has 4 rings (SSSR count). The Labute approximate surface area is 229 Å². The number of aliphatic hydroxyl groups is 1. The Bertz CT molecular complexity index is 1360. The molecular weight excluding hydrogens is 492 g/mol. The van der Waals surface area contributed by atoms with Gasteiger partial charge in [0.1, 0.15) is 11.4 Å². The van der Waals surface area contributed by atoms with Gasteiger partial charge in [0, 0.05) is 38.7 Å². The maximum Gasteiger partial charge on any atom is 0.277 e. The summed E-state index contributed by atoms with van der Waals surface area (Å²) in [6.07, 6.45) is 3.30. The third kappa shape index (κ3) is 6.99. The van der Waals surface area contributed by atoms with E-state index in [2.05, 4.69) is 14.9 Å². The highest BCUT2D eigenvalue weighted by molar-refractivity contribution is 6.14. The summed E-state index contributed by atoms with van der Waals surface area (Å²) in [5.74, 6) is 0.0782. The number of rotatable bonds is 9. The second-order valence-electron chi connectivity index (χ2n) is 10.5. The molecule has 0 unspecified atom stereocenters. The fourth-order valence-corrected chi connectivity index (χ4v) is 5.01. The lowest BCUT2D eigenvalue weighted by molar-refractivity contribution is -0.135. The molecule has 0 saturated carbocycles. The number of carbonyl (C=O) groups is 1. The summed E-state index contributed by atoms with van der Waals surface area (Å²) in [6.45, 7) is 1.76. The summed E-state index contributed by atoms with van der Waals surface area (Å²) in [5.41, 5.74) is 8.69. The maximum absolute atomic E-state index is 13.2. The summed E-state index contributed by atoms with van der Waals surface area (Å²) in [5, 5.41) is 11.2. The summed E-state index contributed by atoms with van der Waals surface area (Å²) >= 11 is 0. The van der Waals surface area contributed by atoms with Crippen molar-refractivity contribution >= 4 is 17.3 Å². The fourth-order valence-electron chi connectivity index (χ4n) is 5.01. The smallest absolute Gasteiger partial charge is 0.277 e. The Kier molecular flexibility index (Phi) is 8.93. The zero-order valence-corrected chi connectivity index (χ0v) is 23.0. The van der Waals surface area contributed by atoms with Gasteiger partial charge in [0.2, 0.25) is 5.91 Å². The van der Waals surface area contributed by atoms with Crippen LogP contribution in [0.1, 0.15) is 41.6 Å². The summed E-state index contributed by atoms with van der Waals surface area (Å²) in [4.78, 5) is 38.6. The molecule has 0 bridgehead atoms. The minimum absolute atomic E-state index is 0.00686. The van der Waals surface area contributed by atoms with E-state index in [4.69, 9.17) is 5.73 Å². The monoisotopic (exact) mass is 530 g/mol. The third-order valence-corrected chi connectivity index (χ3v) is 7.23. The van der Waals surface area contributed by atoms with Crippen molar-refractivity contribution in [1.29, 1.82) is 0 Å². The summed E-state index contributed by atoms with van der Waals surface area (Å²) in [6, 6.07) is 17.9. The van der Waals surface area contributed by atoms with Crippen molar-refractivity contribution in [3.63, 3.8) is 0 Å². The van der Waals surface area contributed by atoms with E-state index in [1.54, 1.807) is 11.9 Å². The Morgan fingerprint density at radius 1 is 1.08 bits per heavy atom. The number of anilines is 1. The molecule has 1 amide bonds. The Hall–Kier alpha value is -3.82. The van der Waals surface area contributed by atoms with E-state index in [1.807, 2.05) is 68.7 Å². The molecule has 1 aliphatic rings. The van der Waals surface area contributed by atoms with Crippen LogP contribution in [-0.2, 0) is 24.3 Å². The predicted octanol–water partition coefficient (Wildman–Crippen LogP) is 2.34. The lowest BCUT2D eigenvalue weighted by atomic mass is 9.91. The minimum atomic E-state index is -1.13. The average molecular weight is 531 g/mol. The van der Waals surface area contributed by atoms with Crippen LogP contribution in [0.15, 0.2) is 70.7 Å². The third-order valence-electron chi connectivity index (χ3n) is 7.23. The number of aryl methyl sites for hydroxylation is 1.